The number of fused-ring (bicyclic) bond motifs is 1. The molecule has 3 amide bonds. The fraction of sp³-hybridized carbons (Fsp3) is 0.364. The Morgan fingerprint density at radius 1 is 1.24 bits per heavy atom. The van der Waals surface area contributed by atoms with Crippen molar-refractivity contribution in [3.63, 3.8) is 0 Å². The number of pyridine rings is 1. The Balaban J connectivity index is 1.44. The van der Waals surface area contributed by atoms with E-state index in [9.17, 15) is 14.4 Å². The molecule has 3 heterocycles. The maximum atomic E-state index is 12.7. The van der Waals surface area contributed by atoms with E-state index < -0.39 is 5.92 Å². The molecule has 2 atom stereocenters. The predicted octanol–water partition coefficient (Wildman–Crippen LogP) is 2.22. The van der Waals surface area contributed by atoms with Crippen LogP contribution in [-0.4, -0.2) is 35.8 Å². The van der Waals surface area contributed by atoms with Crippen molar-refractivity contribution in [2.75, 3.05) is 22.9 Å². The van der Waals surface area contributed by atoms with Gasteiger partial charge in [-0.1, -0.05) is 6.07 Å². The van der Waals surface area contributed by atoms with Crippen LogP contribution < -0.4 is 15.1 Å². The quantitative estimate of drug-likeness (QED) is 0.865. The van der Waals surface area contributed by atoms with E-state index >= 15 is 0 Å². The standard InChI is InChI=1S/C22H24N4O3/c1-14(19-5-3-4-9-23-19)24-22(29)17-12-21(28)26(13-17)18-6-7-20-16(11-18)8-10-25(20)15(2)27/h3-7,9,11,14,17H,8,10,12-13H2,1-2H3,(H,24,29). The van der Waals surface area contributed by atoms with Crippen LogP contribution in [0.3, 0.4) is 0 Å². The highest BCUT2D eigenvalue weighted by molar-refractivity contribution is 6.01. The van der Waals surface area contributed by atoms with Gasteiger partial charge in [-0.25, -0.2) is 0 Å². The third kappa shape index (κ3) is 3.72. The molecule has 7 heteroatoms. The molecule has 1 aromatic carbocycles. The lowest BCUT2D eigenvalue weighted by Gasteiger charge is -2.20. The van der Waals surface area contributed by atoms with Gasteiger partial charge < -0.3 is 15.1 Å². The molecule has 1 N–H and O–H groups in total. The first kappa shape index (κ1) is 19.1. The Bertz CT molecular complexity index is 960. The van der Waals surface area contributed by atoms with Crippen LogP contribution in [0, 0.1) is 5.92 Å². The lowest BCUT2D eigenvalue weighted by Crippen LogP contribution is -2.34. The van der Waals surface area contributed by atoms with Gasteiger partial charge in [-0.3, -0.25) is 19.4 Å². The molecule has 0 aliphatic carbocycles. The Kier molecular flexibility index (Phi) is 5.05. The minimum atomic E-state index is -0.393. The van der Waals surface area contributed by atoms with Crippen LogP contribution >= 0.6 is 0 Å². The third-order valence-electron chi connectivity index (χ3n) is 5.64. The molecule has 1 fully saturated rings. The van der Waals surface area contributed by atoms with E-state index in [2.05, 4.69) is 10.3 Å². The van der Waals surface area contributed by atoms with Crippen LogP contribution in [0.1, 0.15) is 37.6 Å². The summed E-state index contributed by atoms with van der Waals surface area (Å²) >= 11 is 0. The van der Waals surface area contributed by atoms with Gasteiger partial charge in [0.2, 0.25) is 17.7 Å². The normalized spacial score (nSPS) is 19.2. The highest BCUT2D eigenvalue weighted by Gasteiger charge is 2.36. The molecule has 7 nitrogen and oxygen atoms in total. The fourth-order valence-electron chi connectivity index (χ4n) is 4.05. The molecule has 2 aromatic rings. The van der Waals surface area contributed by atoms with Crippen molar-refractivity contribution in [2.45, 2.75) is 32.7 Å². The molecule has 29 heavy (non-hydrogen) atoms. The van der Waals surface area contributed by atoms with E-state index in [0.717, 1.165) is 29.1 Å². The summed E-state index contributed by atoms with van der Waals surface area (Å²) in [5.74, 6) is -0.567. The first-order valence-electron chi connectivity index (χ1n) is 9.86. The molecular weight excluding hydrogens is 368 g/mol. The zero-order valence-corrected chi connectivity index (χ0v) is 16.6. The van der Waals surface area contributed by atoms with Crippen molar-refractivity contribution in [1.82, 2.24) is 10.3 Å². The number of hydrogen-bond acceptors (Lipinski definition) is 4. The summed E-state index contributed by atoms with van der Waals surface area (Å²) in [6, 6.07) is 11.1. The van der Waals surface area contributed by atoms with Crippen LogP contribution in [-0.2, 0) is 20.8 Å². The SMILES string of the molecule is CC(=O)N1CCc2cc(N3CC(C(=O)NC(C)c4ccccn4)CC3=O)ccc21. The van der Waals surface area contributed by atoms with Crippen LogP contribution in [0.25, 0.3) is 0 Å². The van der Waals surface area contributed by atoms with Gasteiger partial charge in [-0.15, -0.1) is 0 Å². The van der Waals surface area contributed by atoms with Gasteiger partial charge in [0.1, 0.15) is 0 Å². The van der Waals surface area contributed by atoms with Crippen LogP contribution in [0.5, 0.6) is 0 Å². The molecule has 150 valence electrons. The Hall–Kier alpha value is -3.22. The lowest BCUT2D eigenvalue weighted by molar-refractivity contribution is -0.126. The van der Waals surface area contributed by atoms with E-state index in [-0.39, 0.29) is 30.2 Å². The monoisotopic (exact) mass is 392 g/mol. The molecule has 1 aromatic heterocycles. The van der Waals surface area contributed by atoms with Crippen molar-refractivity contribution >= 4 is 29.1 Å². The maximum absolute atomic E-state index is 12.7. The average molecular weight is 392 g/mol. The number of rotatable bonds is 4. The predicted molar refractivity (Wildman–Crippen MR) is 109 cm³/mol. The van der Waals surface area contributed by atoms with Crippen molar-refractivity contribution in [1.29, 1.82) is 0 Å². The number of aromatic nitrogens is 1. The number of hydrogen-bond donors (Lipinski definition) is 1. The van der Waals surface area contributed by atoms with Gasteiger partial charge in [0.25, 0.3) is 0 Å². The molecule has 1 saturated heterocycles. The van der Waals surface area contributed by atoms with E-state index in [0.29, 0.717) is 13.1 Å². The second kappa shape index (κ2) is 7.66. The van der Waals surface area contributed by atoms with E-state index in [1.54, 1.807) is 22.9 Å². The van der Waals surface area contributed by atoms with Gasteiger partial charge in [0.15, 0.2) is 0 Å². The molecule has 2 aliphatic heterocycles. The van der Waals surface area contributed by atoms with E-state index in [1.807, 2.05) is 43.3 Å². The molecule has 4 rings (SSSR count). The molecule has 0 saturated carbocycles. The zero-order chi connectivity index (χ0) is 20.5. The maximum Gasteiger partial charge on any atom is 0.227 e. The number of nitrogens with one attached hydrogen (secondary N) is 1. The van der Waals surface area contributed by atoms with Crippen molar-refractivity contribution in [3.05, 3.63) is 53.9 Å². The molecule has 0 spiro atoms. The smallest absolute Gasteiger partial charge is 0.227 e. The fourth-order valence-corrected chi connectivity index (χ4v) is 4.05. The molecule has 2 aliphatic rings. The molecular formula is C22H24N4O3. The van der Waals surface area contributed by atoms with Crippen LogP contribution in [0.15, 0.2) is 42.6 Å². The second-order valence-electron chi connectivity index (χ2n) is 7.62. The minimum absolute atomic E-state index is 0.0208. The van der Waals surface area contributed by atoms with Gasteiger partial charge in [0.05, 0.1) is 17.7 Å². The summed E-state index contributed by atoms with van der Waals surface area (Å²) in [6.45, 7) is 4.46. The first-order valence-corrected chi connectivity index (χ1v) is 9.86. The Morgan fingerprint density at radius 2 is 2.07 bits per heavy atom. The van der Waals surface area contributed by atoms with E-state index in [1.165, 1.54) is 0 Å². The first-order chi connectivity index (χ1) is 13.9. The molecule has 0 radical (unpaired) electrons. The minimum Gasteiger partial charge on any atom is -0.348 e. The second-order valence-corrected chi connectivity index (χ2v) is 7.62. The number of anilines is 2. The largest absolute Gasteiger partial charge is 0.348 e. The number of benzene rings is 1. The van der Waals surface area contributed by atoms with Crippen LogP contribution in [0.4, 0.5) is 11.4 Å². The number of carbonyl (C=O) groups is 3. The number of amides is 3. The zero-order valence-electron chi connectivity index (χ0n) is 16.6. The number of nitrogens with zero attached hydrogens (tertiary/aromatic N) is 3. The van der Waals surface area contributed by atoms with Crippen molar-refractivity contribution in [3.8, 4) is 0 Å². The highest BCUT2D eigenvalue weighted by atomic mass is 16.2. The van der Waals surface area contributed by atoms with Gasteiger partial charge in [-0.05, 0) is 49.2 Å². The van der Waals surface area contributed by atoms with E-state index in [4.69, 9.17) is 0 Å². The van der Waals surface area contributed by atoms with Gasteiger partial charge in [0, 0.05) is 44.0 Å². The van der Waals surface area contributed by atoms with Crippen LogP contribution in [0.2, 0.25) is 0 Å². The topological polar surface area (TPSA) is 82.6 Å². The Morgan fingerprint density at radius 3 is 2.79 bits per heavy atom. The Labute approximate surface area is 169 Å². The molecule has 0 bridgehead atoms. The number of carbonyl (C=O) groups excluding carboxylic acids is 3. The average Bonchev–Trinajstić information content (AvgIpc) is 3.31. The van der Waals surface area contributed by atoms with Crippen molar-refractivity contribution in [2.24, 2.45) is 5.92 Å². The summed E-state index contributed by atoms with van der Waals surface area (Å²) in [4.78, 5) is 44.7. The summed E-state index contributed by atoms with van der Waals surface area (Å²) in [6.07, 6.45) is 2.66. The summed E-state index contributed by atoms with van der Waals surface area (Å²) in [5, 5.41) is 2.97. The van der Waals surface area contributed by atoms with Gasteiger partial charge >= 0.3 is 0 Å². The molecule has 2 unspecified atom stereocenters. The third-order valence-corrected chi connectivity index (χ3v) is 5.64. The summed E-state index contributed by atoms with van der Waals surface area (Å²) in [7, 11) is 0. The lowest BCUT2D eigenvalue weighted by atomic mass is 10.1. The summed E-state index contributed by atoms with van der Waals surface area (Å²) < 4.78 is 0. The highest BCUT2D eigenvalue weighted by Crippen LogP contribution is 2.34. The van der Waals surface area contributed by atoms with Crippen molar-refractivity contribution < 1.29 is 14.4 Å². The summed E-state index contributed by atoms with van der Waals surface area (Å²) in [5.41, 5.74) is 3.54. The van der Waals surface area contributed by atoms with Gasteiger partial charge in [-0.2, -0.15) is 0 Å².